The first-order valence-electron chi connectivity index (χ1n) is 9.92. The summed E-state index contributed by atoms with van der Waals surface area (Å²) >= 11 is 0. The van der Waals surface area contributed by atoms with Crippen molar-refractivity contribution in [3.05, 3.63) is 30.1 Å². The monoisotopic (exact) mass is 375 g/mol. The van der Waals surface area contributed by atoms with Crippen molar-refractivity contribution in [2.45, 2.75) is 39.2 Å². The molecule has 0 unspecified atom stereocenters. The van der Waals surface area contributed by atoms with Crippen LogP contribution in [0.5, 0.6) is 0 Å². The maximum Gasteiger partial charge on any atom is 0.244 e. The quantitative estimate of drug-likeness (QED) is 0.551. The van der Waals surface area contributed by atoms with Gasteiger partial charge in [-0.2, -0.15) is 0 Å². The molecule has 1 fully saturated rings. The summed E-state index contributed by atoms with van der Waals surface area (Å²) in [5.74, 6) is 0.837. The molecule has 0 radical (unpaired) electrons. The number of pyridine rings is 1. The van der Waals surface area contributed by atoms with Gasteiger partial charge in [-0.1, -0.05) is 6.07 Å². The van der Waals surface area contributed by atoms with Gasteiger partial charge in [0.15, 0.2) is 5.96 Å². The van der Waals surface area contributed by atoms with Gasteiger partial charge in [0.2, 0.25) is 5.91 Å². The number of piperidine rings is 1. The van der Waals surface area contributed by atoms with Crippen LogP contribution in [-0.2, 0) is 16.0 Å². The fourth-order valence-electron chi connectivity index (χ4n) is 3.11. The predicted molar refractivity (Wildman–Crippen MR) is 108 cm³/mol. The number of amides is 1. The van der Waals surface area contributed by atoms with Crippen LogP contribution in [0.3, 0.4) is 0 Å². The van der Waals surface area contributed by atoms with Crippen LogP contribution in [0.25, 0.3) is 0 Å². The van der Waals surface area contributed by atoms with Gasteiger partial charge in [0.05, 0.1) is 6.10 Å². The molecule has 1 N–H and O–H groups in total. The summed E-state index contributed by atoms with van der Waals surface area (Å²) in [6, 6.07) is 5.84. The molecule has 0 atom stereocenters. The molecule has 2 rings (SSSR count). The van der Waals surface area contributed by atoms with Crippen molar-refractivity contribution in [2.24, 2.45) is 4.99 Å². The molecule has 0 bridgehead atoms. The highest BCUT2D eigenvalue weighted by Crippen LogP contribution is 2.13. The summed E-state index contributed by atoms with van der Waals surface area (Å²) in [5, 5.41) is 3.31. The minimum Gasteiger partial charge on any atom is -0.378 e. The van der Waals surface area contributed by atoms with Crippen LogP contribution in [-0.4, -0.2) is 79.1 Å². The molecule has 1 aromatic heterocycles. The largest absolute Gasteiger partial charge is 0.378 e. The Labute approximate surface area is 162 Å². The number of likely N-dealkylation sites (tertiary alicyclic amines) is 1. The van der Waals surface area contributed by atoms with Gasteiger partial charge >= 0.3 is 0 Å². The SMILES string of the molecule is CCNC(=NCC(=O)N(C)CCc1ccccn1)N1CCC(OCC)CC1. The Kier molecular flexibility index (Phi) is 9.04. The van der Waals surface area contributed by atoms with E-state index in [1.54, 1.807) is 11.1 Å². The molecule has 7 nitrogen and oxygen atoms in total. The first kappa shape index (κ1) is 21.2. The van der Waals surface area contributed by atoms with Crippen LogP contribution < -0.4 is 5.32 Å². The fraction of sp³-hybridized carbons (Fsp3) is 0.650. The van der Waals surface area contributed by atoms with Gasteiger partial charge in [0.1, 0.15) is 6.54 Å². The Morgan fingerprint density at radius 2 is 2.15 bits per heavy atom. The van der Waals surface area contributed by atoms with Gasteiger partial charge in [-0.15, -0.1) is 0 Å². The molecule has 7 heteroatoms. The second kappa shape index (κ2) is 11.5. The van der Waals surface area contributed by atoms with E-state index in [4.69, 9.17) is 4.74 Å². The Balaban J connectivity index is 1.83. The van der Waals surface area contributed by atoms with E-state index in [1.807, 2.05) is 39.1 Å². The minimum atomic E-state index is 0.0190. The third-order valence-electron chi connectivity index (χ3n) is 4.70. The van der Waals surface area contributed by atoms with Crippen molar-refractivity contribution in [3.63, 3.8) is 0 Å². The first-order chi connectivity index (χ1) is 13.1. The number of ether oxygens (including phenoxy) is 1. The lowest BCUT2D eigenvalue weighted by Gasteiger charge is -2.34. The molecule has 1 aliphatic heterocycles. The summed E-state index contributed by atoms with van der Waals surface area (Å²) in [6.07, 6.45) is 4.86. The molecular formula is C20H33N5O2. The van der Waals surface area contributed by atoms with Crippen LogP contribution in [0.15, 0.2) is 29.4 Å². The average molecular weight is 376 g/mol. The number of aromatic nitrogens is 1. The highest BCUT2D eigenvalue weighted by Gasteiger charge is 2.21. The number of likely N-dealkylation sites (N-methyl/N-ethyl adjacent to an activating group) is 1. The molecule has 0 aromatic carbocycles. The molecule has 1 amide bonds. The van der Waals surface area contributed by atoms with Crippen molar-refractivity contribution in [2.75, 3.05) is 46.4 Å². The number of hydrogen-bond donors (Lipinski definition) is 1. The third-order valence-corrected chi connectivity index (χ3v) is 4.70. The molecule has 2 heterocycles. The van der Waals surface area contributed by atoms with E-state index in [1.165, 1.54) is 0 Å². The number of nitrogens with one attached hydrogen (secondary N) is 1. The van der Waals surface area contributed by atoms with E-state index in [0.717, 1.165) is 57.2 Å². The summed E-state index contributed by atoms with van der Waals surface area (Å²) in [4.78, 5) is 25.2. The molecule has 0 spiro atoms. The number of carbonyl (C=O) groups excluding carboxylic acids is 1. The maximum atomic E-state index is 12.4. The standard InChI is InChI=1S/C20H33N5O2/c1-4-21-20(25-14-10-18(11-15-25)27-5-2)23-16-19(26)24(3)13-9-17-8-6-7-12-22-17/h6-8,12,18H,4-5,9-11,13-16H2,1-3H3,(H,21,23). The number of hydrogen-bond acceptors (Lipinski definition) is 4. The second-order valence-corrected chi connectivity index (χ2v) is 6.70. The summed E-state index contributed by atoms with van der Waals surface area (Å²) in [6.45, 7) is 8.23. The van der Waals surface area contributed by atoms with Crippen LogP contribution in [0.4, 0.5) is 0 Å². The first-order valence-corrected chi connectivity index (χ1v) is 9.92. The molecule has 0 aliphatic carbocycles. The molecule has 1 aromatic rings. The van der Waals surface area contributed by atoms with E-state index < -0.39 is 0 Å². The summed E-state index contributed by atoms with van der Waals surface area (Å²) in [7, 11) is 1.82. The van der Waals surface area contributed by atoms with Crippen LogP contribution in [0.1, 0.15) is 32.4 Å². The number of nitrogens with zero attached hydrogens (tertiary/aromatic N) is 4. The lowest BCUT2D eigenvalue weighted by atomic mass is 10.1. The Morgan fingerprint density at radius 1 is 1.37 bits per heavy atom. The molecule has 150 valence electrons. The van der Waals surface area contributed by atoms with Crippen molar-refractivity contribution in [1.82, 2.24) is 20.1 Å². The fourth-order valence-corrected chi connectivity index (χ4v) is 3.11. The zero-order chi connectivity index (χ0) is 19.5. The lowest BCUT2D eigenvalue weighted by Crippen LogP contribution is -2.47. The Hall–Kier alpha value is -2.15. The van der Waals surface area contributed by atoms with E-state index in [2.05, 4.69) is 20.2 Å². The van der Waals surface area contributed by atoms with E-state index in [-0.39, 0.29) is 12.5 Å². The minimum absolute atomic E-state index is 0.0190. The predicted octanol–water partition coefficient (Wildman–Crippen LogP) is 1.55. The lowest BCUT2D eigenvalue weighted by molar-refractivity contribution is -0.128. The second-order valence-electron chi connectivity index (χ2n) is 6.70. The van der Waals surface area contributed by atoms with Crippen molar-refractivity contribution in [1.29, 1.82) is 0 Å². The molecule has 27 heavy (non-hydrogen) atoms. The zero-order valence-electron chi connectivity index (χ0n) is 16.9. The van der Waals surface area contributed by atoms with E-state index >= 15 is 0 Å². The Bertz CT molecular complexity index is 585. The molecule has 1 saturated heterocycles. The number of rotatable bonds is 8. The topological polar surface area (TPSA) is 70.1 Å². The normalized spacial score (nSPS) is 15.7. The molecule has 1 aliphatic rings. The number of carbonyl (C=O) groups is 1. The van der Waals surface area contributed by atoms with Gasteiger partial charge in [-0.25, -0.2) is 4.99 Å². The summed E-state index contributed by atoms with van der Waals surface area (Å²) in [5.41, 5.74) is 0.992. The van der Waals surface area contributed by atoms with Gasteiger partial charge in [-0.05, 0) is 38.8 Å². The van der Waals surface area contributed by atoms with Gasteiger partial charge < -0.3 is 19.9 Å². The molecule has 0 saturated carbocycles. The van der Waals surface area contributed by atoms with Gasteiger partial charge in [-0.3, -0.25) is 9.78 Å². The number of guanidine groups is 1. The average Bonchev–Trinajstić information content (AvgIpc) is 2.70. The smallest absolute Gasteiger partial charge is 0.244 e. The molecular weight excluding hydrogens is 342 g/mol. The van der Waals surface area contributed by atoms with Crippen LogP contribution in [0, 0.1) is 0 Å². The highest BCUT2D eigenvalue weighted by atomic mass is 16.5. The van der Waals surface area contributed by atoms with Crippen molar-refractivity contribution in [3.8, 4) is 0 Å². The van der Waals surface area contributed by atoms with Crippen molar-refractivity contribution >= 4 is 11.9 Å². The van der Waals surface area contributed by atoms with Crippen LogP contribution >= 0.6 is 0 Å². The van der Waals surface area contributed by atoms with Gasteiger partial charge in [0, 0.05) is 58.1 Å². The van der Waals surface area contributed by atoms with Gasteiger partial charge in [0.25, 0.3) is 0 Å². The Morgan fingerprint density at radius 3 is 2.78 bits per heavy atom. The van der Waals surface area contributed by atoms with Crippen molar-refractivity contribution < 1.29 is 9.53 Å². The van der Waals surface area contributed by atoms with E-state index in [9.17, 15) is 4.79 Å². The van der Waals surface area contributed by atoms with E-state index in [0.29, 0.717) is 12.6 Å². The highest BCUT2D eigenvalue weighted by molar-refractivity contribution is 5.85. The zero-order valence-corrected chi connectivity index (χ0v) is 16.9. The summed E-state index contributed by atoms with van der Waals surface area (Å²) < 4.78 is 5.71. The van der Waals surface area contributed by atoms with Crippen LogP contribution in [0.2, 0.25) is 0 Å². The third kappa shape index (κ3) is 7.17. The number of aliphatic imine (C=N–C) groups is 1. The maximum absolute atomic E-state index is 12.4.